The summed E-state index contributed by atoms with van der Waals surface area (Å²) >= 11 is 5.32. The van der Waals surface area contributed by atoms with E-state index in [0.29, 0.717) is 0 Å². The molecule has 1 rings (SSSR count). The number of benzene rings is 1. The van der Waals surface area contributed by atoms with Crippen molar-refractivity contribution in [2.24, 2.45) is 5.73 Å². The Morgan fingerprint density at radius 1 is 1.54 bits per heavy atom. The molecule has 72 valence electrons. The number of ether oxygens (including phenoxy) is 1. The molecule has 13 heavy (non-hydrogen) atoms. The molecular formula is C8H8ClF2NO. The van der Waals surface area contributed by atoms with E-state index in [1.807, 2.05) is 0 Å². The predicted octanol–water partition coefficient (Wildman–Crippen LogP) is 2.09. The van der Waals surface area contributed by atoms with E-state index in [1.165, 1.54) is 7.11 Å². The van der Waals surface area contributed by atoms with Gasteiger partial charge < -0.3 is 10.5 Å². The Hall–Kier alpha value is -0.870. The highest BCUT2D eigenvalue weighted by molar-refractivity contribution is 6.31. The molecule has 2 nitrogen and oxygen atoms in total. The molecule has 0 saturated carbocycles. The Kier molecular flexibility index (Phi) is 3.06. The molecule has 0 bridgehead atoms. The van der Waals surface area contributed by atoms with Crippen molar-refractivity contribution in [3.8, 4) is 5.75 Å². The molecule has 0 amide bonds. The third-order valence-electron chi connectivity index (χ3n) is 1.62. The number of hydrogen-bond acceptors (Lipinski definition) is 2. The van der Waals surface area contributed by atoms with Gasteiger partial charge in [-0.05, 0) is 6.07 Å². The van der Waals surface area contributed by atoms with Crippen molar-refractivity contribution < 1.29 is 13.5 Å². The lowest BCUT2D eigenvalue weighted by atomic mass is 10.2. The van der Waals surface area contributed by atoms with Crippen LogP contribution in [0, 0.1) is 11.6 Å². The second-order valence-corrected chi connectivity index (χ2v) is 2.76. The van der Waals surface area contributed by atoms with Crippen LogP contribution in [0.2, 0.25) is 5.02 Å². The van der Waals surface area contributed by atoms with E-state index >= 15 is 0 Å². The number of rotatable bonds is 2. The van der Waals surface area contributed by atoms with Gasteiger partial charge in [0.05, 0.1) is 7.11 Å². The number of methoxy groups -OCH3 is 1. The topological polar surface area (TPSA) is 35.2 Å². The second-order valence-electron chi connectivity index (χ2n) is 2.38. The minimum Gasteiger partial charge on any atom is -0.493 e. The number of hydrogen-bond donors (Lipinski definition) is 1. The highest BCUT2D eigenvalue weighted by Crippen LogP contribution is 2.30. The summed E-state index contributed by atoms with van der Waals surface area (Å²) in [5.74, 6) is -1.85. The van der Waals surface area contributed by atoms with Gasteiger partial charge in [-0.15, -0.1) is 0 Å². The van der Waals surface area contributed by atoms with Crippen LogP contribution in [-0.4, -0.2) is 7.11 Å². The van der Waals surface area contributed by atoms with Crippen molar-refractivity contribution in [3.63, 3.8) is 0 Å². The Balaban J connectivity index is 3.39. The summed E-state index contributed by atoms with van der Waals surface area (Å²) in [6.07, 6.45) is 0. The molecule has 0 aliphatic carbocycles. The molecule has 1 aromatic carbocycles. The van der Waals surface area contributed by atoms with E-state index in [-0.39, 0.29) is 17.9 Å². The van der Waals surface area contributed by atoms with Gasteiger partial charge in [0, 0.05) is 12.1 Å². The van der Waals surface area contributed by atoms with E-state index in [1.54, 1.807) is 0 Å². The molecule has 5 heteroatoms. The smallest absolute Gasteiger partial charge is 0.186 e. The zero-order chi connectivity index (χ0) is 10.0. The van der Waals surface area contributed by atoms with E-state index in [2.05, 4.69) is 0 Å². The second kappa shape index (κ2) is 3.89. The summed E-state index contributed by atoms with van der Waals surface area (Å²) in [6.45, 7) is -0.00577. The summed E-state index contributed by atoms with van der Waals surface area (Å²) < 4.78 is 30.7. The summed E-state index contributed by atoms with van der Waals surface area (Å²) in [4.78, 5) is 0. The number of halogens is 3. The molecule has 0 fully saturated rings. The van der Waals surface area contributed by atoms with Crippen molar-refractivity contribution in [1.82, 2.24) is 0 Å². The summed E-state index contributed by atoms with van der Waals surface area (Å²) in [5.41, 5.74) is 5.51. The third kappa shape index (κ3) is 1.73. The zero-order valence-corrected chi connectivity index (χ0v) is 7.66. The minimum absolute atomic E-state index is 0.00577. The van der Waals surface area contributed by atoms with Crippen molar-refractivity contribution in [2.75, 3.05) is 7.11 Å². The fourth-order valence-corrected chi connectivity index (χ4v) is 1.14. The minimum atomic E-state index is -0.912. The Morgan fingerprint density at radius 2 is 2.15 bits per heavy atom. The quantitative estimate of drug-likeness (QED) is 0.754. The van der Waals surface area contributed by atoms with Crippen molar-refractivity contribution in [2.45, 2.75) is 6.54 Å². The Bertz CT molecular complexity index is 330. The normalized spacial score (nSPS) is 10.2. The van der Waals surface area contributed by atoms with Crippen LogP contribution in [0.5, 0.6) is 5.75 Å². The first-order valence-corrected chi connectivity index (χ1v) is 3.90. The van der Waals surface area contributed by atoms with Crippen LogP contribution in [0.3, 0.4) is 0 Å². The fourth-order valence-electron chi connectivity index (χ4n) is 1.000. The maximum atomic E-state index is 13.2. The van der Waals surface area contributed by atoms with Crippen molar-refractivity contribution in [3.05, 3.63) is 28.3 Å². The molecule has 0 atom stereocenters. The van der Waals surface area contributed by atoms with E-state index in [4.69, 9.17) is 22.1 Å². The first kappa shape index (κ1) is 10.2. The first-order chi connectivity index (χ1) is 6.11. The lowest BCUT2D eigenvalue weighted by Gasteiger charge is -2.09. The van der Waals surface area contributed by atoms with E-state index < -0.39 is 16.7 Å². The van der Waals surface area contributed by atoms with Crippen LogP contribution in [0.1, 0.15) is 5.56 Å². The van der Waals surface area contributed by atoms with E-state index in [0.717, 1.165) is 6.07 Å². The molecule has 0 aromatic heterocycles. The molecule has 1 aromatic rings. The Labute approximate surface area is 79.2 Å². The lowest BCUT2D eigenvalue weighted by Crippen LogP contribution is -2.03. The van der Waals surface area contributed by atoms with Gasteiger partial charge in [0.15, 0.2) is 11.6 Å². The van der Waals surface area contributed by atoms with Gasteiger partial charge in [0.2, 0.25) is 0 Å². The van der Waals surface area contributed by atoms with Gasteiger partial charge in [-0.25, -0.2) is 8.78 Å². The zero-order valence-electron chi connectivity index (χ0n) is 6.90. The highest BCUT2D eigenvalue weighted by Gasteiger charge is 2.16. The molecule has 0 spiro atoms. The summed E-state index contributed by atoms with van der Waals surface area (Å²) in [6, 6.07) is 1.06. The fraction of sp³-hybridized carbons (Fsp3) is 0.250. The molecule has 0 saturated heterocycles. The van der Waals surface area contributed by atoms with Crippen LogP contribution < -0.4 is 10.5 Å². The lowest BCUT2D eigenvalue weighted by molar-refractivity contribution is 0.379. The highest BCUT2D eigenvalue weighted by atomic mass is 35.5. The van der Waals surface area contributed by atoms with Crippen LogP contribution in [-0.2, 0) is 6.54 Å². The third-order valence-corrected chi connectivity index (χ3v) is 1.96. The van der Waals surface area contributed by atoms with Crippen molar-refractivity contribution >= 4 is 11.6 Å². The van der Waals surface area contributed by atoms with Crippen LogP contribution in [0.15, 0.2) is 6.07 Å². The average Bonchev–Trinajstić information content (AvgIpc) is 2.13. The van der Waals surface area contributed by atoms with E-state index in [9.17, 15) is 8.78 Å². The molecular weight excluding hydrogens is 200 g/mol. The monoisotopic (exact) mass is 207 g/mol. The maximum absolute atomic E-state index is 13.2. The van der Waals surface area contributed by atoms with Gasteiger partial charge in [-0.1, -0.05) is 11.6 Å². The maximum Gasteiger partial charge on any atom is 0.186 e. The molecule has 0 heterocycles. The molecule has 0 aliphatic heterocycles. The summed E-state index contributed by atoms with van der Waals surface area (Å²) in [5, 5.41) is -0.575. The predicted molar refractivity (Wildman–Crippen MR) is 45.8 cm³/mol. The standard InChI is InChI=1S/C8H8ClF2NO/c1-13-8-4(3-12)2-5(10)6(9)7(8)11/h2H,3,12H2,1H3. The average molecular weight is 208 g/mol. The van der Waals surface area contributed by atoms with Gasteiger partial charge in [0.25, 0.3) is 0 Å². The molecule has 2 N–H and O–H groups in total. The molecule has 0 aliphatic rings. The first-order valence-electron chi connectivity index (χ1n) is 3.52. The molecule has 0 radical (unpaired) electrons. The SMILES string of the molecule is COc1c(CN)cc(F)c(Cl)c1F. The van der Waals surface area contributed by atoms with Crippen LogP contribution >= 0.6 is 11.6 Å². The largest absolute Gasteiger partial charge is 0.493 e. The van der Waals surface area contributed by atoms with Gasteiger partial charge in [0.1, 0.15) is 10.8 Å². The van der Waals surface area contributed by atoms with Crippen molar-refractivity contribution in [1.29, 1.82) is 0 Å². The Morgan fingerprint density at radius 3 is 2.62 bits per heavy atom. The van der Waals surface area contributed by atoms with Gasteiger partial charge in [-0.3, -0.25) is 0 Å². The van der Waals surface area contributed by atoms with Crippen LogP contribution in [0.4, 0.5) is 8.78 Å². The van der Waals surface area contributed by atoms with Gasteiger partial charge in [-0.2, -0.15) is 0 Å². The number of nitrogens with two attached hydrogens (primary N) is 1. The van der Waals surface area contributed by atoms with Gasteiger partial charge >= 0.3 is 0 Å². The van der Waals surface area contributed by atoms with Crippen LogP contribution in [0.25, 0.3) is 0 Å². The molecule has 0 unspecified atom stereocenters. The summed E-state index contributed by atoms with van der Waals surface area (Å²) in [7, 11) is 1.27.